The first-order valence-electron chi connectivity index (χ1n) is 7.98. The zero-order valence-electron chi connectivity index (χ0n) is 14.0. The number of aryl methyl sites for hydroxylation is 1. The Morgan fingerprint density at radius 2 is 1.88 bits per heavy atom. The van der Waals surface area contributed by atoms with Crippen molar-refractivity contribution >= 4 is 22.7 Å². The van der Waals surface area contributed by atoms with Crippen LogP contribution in [0.2, 0.25) is 0 Å². The van der Waals surface area contributed by atoms with Crippen molar-refractivity contribution in [1.82, 2.24) is 24.5 Å². The third-order valence-corrected chi connectivity index (χ3v) is 4.12. The highest BCUT2D eigenvalue weighted by Crippen LogP contribution is 2.28. The molecule has 1 aromatic carbocycles. The Morgan fingerprint density at radius 3 is 2.62 bits per heavy atom. The number of hydrogen-bond acceptors (Lipinski definition) is 6. The van der Waals surface area contributed by atoms with Crippen molar-refractivity contribution in [3.8, 4) is 0 Å². The Bertz CT molecular complexity index is 1060. The van der Waals surface area contributed by atoms with Gasteiger partial charge in [-0.15, -0.1) is 0 Å². The molecule has 26 heavy (non-hydrogen) atoms. The Labute approximate surface area is 148 Å². The van der Waals surface area contributed by atoms with Gasteiger partial charge in [-0.25, -0.2) is 24.3 Å². The molecule has 3 aromatic heterocycles. The van der Waals surface area contributed by atoms with Crippen LogP contribution in [0.1, 0.15) is 17.4 Å². The maximum Gasteiger partial charge on any atom is 0.166 e. The van der Waals surface area contributed by atoms with Crippen molar-refractivity contribution in [3.63, 3.8) is 0 Å². The largest absolute Gasteiger partial charge is 0.384 e. The van der Waals surface area contributed by atoms with Crippen molar-refractivity contribution in [2.75, 3.05) is 11.1 Å². The first-order valence-corrected chi connectivity index (χ1v) is 7.98. The number of benzene rings is 1. The molecule has 0 aliphatic rings. The summed E-state index contributed by atoms with van der Waals surface area (Å²) in [7, 11) is 1.90. The summed E-state index contributed by atoms with van der Waals surface area (Å²) in [6.07, 6.45) is 5.00. The third-order valence-electron chi connectivity index (χ3n) is 4.12. The molecule has 1 unspecified atom stereocenters. The summed E-state index contributed by atoms with van der Waals surface area (Å²) in [5.74, 6) is 1.47. The molecule has 1 atom stereocenters. The number of imidazole rings is 1. The number of halogens is 1. The molecule has 0 spiro atoms. The van der Waals surface area contributed by atoms with E-state index in [2.05, 4.69) is 25.3 Å². The number of hydrogen-bond donors (Lipinski definition) is 2. The maximum absolute atomic E-state index is 13.4. The van der Waals surface area contributed by atoms with Gasteiger partial charge in [0, 0.05) is 19.4 Å². The summed E-state index contributed by atoms with van der Waals surface area (Å²) in [6, 6.07) is 9.49. The monoisotopic (exact) mass is 349 g/mol. The number of nitrogens with one attached hydrogen (secondary N) is 1. The van der Waals surface area contributed by atoms with Crippen LogP contribution >= 0.6 is 0 Å². The predicted molar refractivity (Wildman–Crippen MR) is 96.8 cm³/mol. The van der Waals surface area contributed by atoms with Gasteiger partial charge in [0.2, 0.25) is 0 Å². The molecule has 0 aliphatic carbocycles. The number of aromatic nitrogens is 5. The summed E-state index contributed by atoms with van der Waals surface area (Å²) < 4.78 is 15.3. The molecule has 0 amide bonds. The van der Waals surface area contributed by atoms with Crippen LogP contribution in [0.5, 0.6) is 0 Å². The van der Waals surface area contributed by atoms with Gasteiger partial charge < -0.3 is 15.6 Å². The minimum absolute atomic E-state index is 0.292. The summed E-state index contributed by atoms with van der Waals surface area (Å²) >= 11 is 0. The van der Waals surface area contributed by atoms with Crippen molar-refractivity contribution in [3.05, 3.63) is 72.3 Å². The molecule has 3 N–H and O–H groups in total. The second-order valence-electron chi connectivity index (χ2n) is 5.85. The Hall–Kier alpha value is -3.55. The quantitative estimate of drug-likeness (QED) is 0.588. The highest BCUT2D eigenvalue weighted by atomic mass is 19.1. The zero-order valence-corrected chi connectivity index (χ0v) is 14.0. The molecule has 8 heteroatoms. The van der Waals surface area contributed by atoms with E-state index in [4.69, 9.17) is 5.73 Å². The number of nitrogens with zero attached hydrogens (tertiary/aromatic N) is 5. The van der Waals surface area contributed by atoms with Gasteiger partial charge in [-0.1, -0.05) is 12.1 Å². The number of nitrogens with two attached hydrogens (primary N) is 1. The van der Waals surface area contributed by atoms with E-state index in [0.29, 0.717) is 17.3 Å². The molecule has 4 aromatic rings. The molecule has 0 radical (unpaired) electrons. The number of pyridine rings is 1. The maximum atomic E-state index is 13.4. The zero-order chi connectivity index (χ0) is 18.1. The summed E-state index contributed by atoms with van der Waals surface area (Å²) in [4.78, 5) is 17.2. The molecule has 4 rings (SSSR count). The summed E-state index contributed by atoms with van der Waals surface area (Å²) in [5.41, 5.74) is 7.09. The van der Waals surface area contributed by atoms with Crippen molar-refractivity contribution in [2.24, 2.45) is 7.05 Å². The lowest BCUT2D eigenvalue weighted by Crippen LogP contribution is -2.18. The number of fused-ring (bicyclic) bond motifs is 1. The molecule has 0 aliphatic heterocycles. The minimum Gasteiger partial charge on any atom is -0.384 e. The van der Waals surface area contributed by atoms with E-state index in [1.165, 1.54) is 18.5 Å². The second kappa shape index (κ2) is 6.40. The van der Waals surface area contributed by atoms with E-state index in [9.17, 15) is 4.39 Å². The standard InChI is InChI=1S/C18H16FN7/c1-26-9-8-21-18(26)15(11-2-4-12(19)5-3-11)25-17-13-6-7-14(20)24-16(13)22-10-23-17/h2-10,15H,1H3,(H3,20,22,23,24,25). The van der Waals surface area contributed by atoms with Gasteiger partial charge in [-0.05, 0) is 29.8 Å². The van der Waals surface area contributed by atoms with E-state index >= 15 is 0 Å². The number of nitrogen functional groups attached to an aromatic ring is 1. The molecule has 0 saturated carbocycles. The fourth-order valence-electron chi connectivity index (χ4n) is 2.82. The SMILES string of the molecule is Cn1ccnc1C(Nc1ncnc2nc(N)ccc12)c1ccc(F)cc1. The first-order chi connectivity index (χ1) is 12.6. The molecule has 3 heterocycles. The first kappa shape index (κ1) is 15.9. The van der Waals surface area contributed by atoms with Gasteiger partial charge in [0.1, 0.15) is 35.6 Å². The molecular weight excluding hydrogens is 333 g/mol. The van der Waals surface area contributed by atoms with Gasteiger partial charge in [0.05, 0.1) is 5.39 Å². The van der Waals surface area contributed by atoms with Crippen LogP contribution in [0.25, 0.3) is 11.0 Å². The van der Waals surface area contributed by atoms with E-state index < -0.39 is 0 Å². The number of anilines is 2. The van der Waals surface area contributed by atoms with E-state index in [-0.39, 0.29) is 11.9 Å². The van der Waals surface area contributed by atoms with Crippen LogP contribution in [0.3, 0.4) is 0 Å². The van der Waals surface area contributed by atoms with Crippen LogP contribution < -0.4 is 11.1 Å². The minimum atomic E-state index is -0.328. The van der Waals surface area contributed by atoms with E-state index in [0.717, 1.165) is 16.8 Å². The molecular formula is C18H16FN7. The van der Waals surface area contributed by atoms with Gasteiger partial charge >= 0.3 is 0 Å². The fourth-order valence-corrected chi connectivity index (χ4v) is 2.82. The van der Waals surface area contributed by atoms with Crippen molar-refractivity contribution in [1.29, 1.82) is 0 Å². The smallest absolute Gasteiger partial charge is 0.166 e. The van der Waals surface area contributed by atoms with E-state index in [1.807, 2.05) is 23.9 Å². The molecule has 7 nitrogen and oxygen atoms in total. The lowest BCUT2D eigenvalue weighted by atomic mass is 10.1. The van der Waals surface area contributed by atoms with Crippen LogP contribution in [0.4, 0.5) is 16.0 Å². The van der Waals surface area contributed by atoms with Crippen LogP contribution in [0, 0.1) is 5.82 Å². The lowest BCUT2D eigenvalue weighted by Gasteiger charge is -2.20. The van der Waals surface area contributed by atoms with Crippen LogP contribution in [-0.2, 0) is 7.05 Å². The van der Waals surface area contributed by atoms with Gasteiger partial charge in [0.15, 0.2) is 5.65 Å². The topological polar surface area (TPSA) is 94.5 Å². The summed E-state index contributed by atoms with van der Waals surface area (Å²) in [6.45, 7) is 0. The fraction of sp³-hybridized carbons (Fsp3) is 0.111. The van der Waals surface area contributed by atoms with Crippen molar-refractivity contribution in [2.45, 2.75) is 6.04 Å². The molecule has 0 bridgehead atoms. The highest BCUT2D eigenvalue weighted by molar-refractivity contribution is 5.87. The lowest BCUT2D eigenvalue weighted by molar-refractivity contribution is 0.626. The van der Waals surface area contributed by atoms with Gasteiger partial charge in [-0.3, -0.25) is 0 Å². The molecule has 0 fully saturated rings. The average molecular weight is 349 g/mol. The van der Waals surface area contributed by atoms with Crippen molar-refractivity contribution < 1.29 is 4.39 Å². The molecule has 130 valence electrons. The van der Waals surface area contributed by atoms with Gasteiger partial charge in [-0.2, -0.15) is 0 Å². The second-order valence-corrected chi connectivity index (χ2v) is 5.85. The third kappa shape index (κ3) is 2.92. The Balaban J connectivity index is 1.81. The van der Waals surface area contributed by atoms with Crippen LogP contribution in [0.15, 0.2) is 55.1 Å². The molecule has 0 saturated heterocycles. The normalized spacial score (nSPS) is 12.2. The van der Waals surface area contributed by atoms with Gasteiger partial charge in [0.25, 0.3) is 0 Å². The Morgan fingerprint density at radius 1 is 1.08 bits per heavy atom. The van der Waals surface area contributed by atoms with E-state index in [1.54, 1.807) is 24.4 Å². The highest BCUT2D eigenvalue weighted by Gasteiger charge is 2.20. The predicted octanol–water partition coefficient (Wildman–Crippen LogP) is 2.68. The Kier molecular flexibility index (Phi) is 3.92. The number of rotatable bonds is 4. The van der Waals surface area contributed by atoms with Crippen LogP contribution in [-0.4, -0.2) is 24.5 Å². The summed E-state index contributed by atoms with van der Waals surface area (Å²) in [5, 5.41) is 4.12. The average Bonchev–Trinajstić information content (AvgIpc) is 3.06.